The maximum absolute atomic E-state index is 6.23. The van der Waals surface area contributed by atoms with E-state index in [0.717, 1.165) is 53.5 Å². The summed E-state index contributed by atoms with van der Waals surface area (Å²) in [7, 11) is 0. The minimum Gasteiger partial charge on any atom is -1.00 e. The molecule has 0 aliphatic heterocycles. The first-order chi connectivity index (χ1) is 15.7. The van der Waals surface area contributed by atoms with Crippen molar-refractivity contribution in [2.75, 3.05) is 26.2 Å². The molecule has 0 spiro atoms. The molecule has 0 amide bonds. The highest BCUT2D eigenvalue weighted by Crippen LogP contribution is 2.26. The van der Waals surface area contributed by atoms with Crippen LogP contribution in [0.5, 0.6) is 5.88 Å². The van der Waals surface area contributed by atoms with Crippen molar-refractivity contribution in [3.63, 3.8) is 0 Å². The van der Waals surface area contributed by atoms with E-state index in [4.69, 9.17) is 4.74 Å². The lowest BCUT2D eigenvalue weighted by Gasteiger charge is -2.36. The van der Waals surface area contributed by atoms with Crippen LogP contribution in [0.25, 0.3) is 10.8 Å². The van der Waals surface area contributed by atoms with E-state index >= 15 is 0 Å². The first kappa shape index (κ1) is 24.7. The van der Waals surface area contributed by atoms with E-state index in [1.165, 1.54) is 11.1 Å². The molecule has 1 aromatic heterocycles. The molecule has 0 aliphatic carbocycles. The van der Waals surface area contributed by atoms with E-state index in [9.17, 15) is 0 Å². The van der Waals surface area contributed by atoms with Crippen molar-refractivity contribution in [3.8, 4) is 5.88 Å². The van der Waals surface area contributed by atoms with Crippen molar-refractivity contribution < 1.29 is 21.6 Å². The molecule has 0 saturated heterocycles. The second-order valence-corrected chi connectivity index (χ2v) is 8.35. The predicted octanol–water partition coefficient (Wildman–Crippen LogP) is 2.66. The van der Waals surface area contributed by atoms with Gasteiger partial charge in [0.05, 0.1) is 18.8 Å². The molecule has 172 valence electrons. The van der Waals surface area contributed by atoms with Gasteiger partial charge >= 0.3 is 0 Å². The highest BCUT2D eigenvalue weighted by Gasteiger charge is 2.24. The third kappa shape index (κ3) is 6.10. The Kier molecular flexibility index (Phi) is 8.81. The lowest BCUT2D eigenvalue weighted by Crippen LogP contribution is -3.00. The Morgan fingerprint density at radius 3 is 1.91 bits per heavy atom. The molecule has 0 atom stereocenters. The standard InChI is InChI=1S/C28H32N3O.ClH/c1-3-31(4-2,22-24-15-9-6-10-16-24)19-20-32-28-26-18-12-11-17-25(26)27(29-30-28)21-23-13-7-5-8-14-23;/h5-18H,3-4,19-22H2,1-2H3;1H/q+1;/p-1. The van der Waals surface area contributed by atoms with Gasteiger partial charge in [-0.25, -0.2) is 0 Å². The van der Waals surface area contributed by atoms with Crippen LogP contribution in [0.15, 0.2) is 84.9 Å². The van der Waals surface area contributed by atoms with Crippen LogP contribution in [0.1, 0.15) is 30.7 Å². The summed E-state index contributed by atoms with van der Waals surface area (Å²) in [6, 6.07) is 29.4. The molecule has 0 N–H and O–H groups in total. The van der Waals surface area contributed by atoms with Gasteiger partial charge < -0.3 is 21.6 Å². The van der Waals surface area contributed by atoms with Crippen molar-refractivity contribution in [3.05, 3.63) is 102 Å². The topological polar surface area (TPSA) is 35.0 Å². The van der Waals surface area contributed by atoms with Crippen LogP contribution >= 0.6 is 0 Å². The van der Waals surface area contributed by atoms with Gasteiger partial charge in [0.25, 0.3) is 0 Å². The number of rotatable bonds is 10. The van der Waals surface area contributed by atoms with Crippen LogP contribution in [-0.4, -0.2) is 40.9 Å². The molecular formula is C28H32ClN3O. The van der Waals surface area contributed by atoms with Crippen LogP contribution in [0.4, 0.5) is 0 Å². The van der Waals surface area contributed by atoms with E-state index < -0.39 is 0 Å². The normalized spacial score (nSPS) is 11.2. The number of nitrogens with zero attached hydrogens (tertiary/aromatic N) is 3. The lowest BCUT2D eigenvalue weighted by atomic mass is 10.0. The first-order valence-corrected chi connectivity index (χ1v) is 11.5. The number of ether oxygens (including phenoxy) is 1. The van der Waals surface area contributed by atoms with Gasteiger partial charge in [-0.2, -0.15) is 5.10 Å². The van der Waals surface area contributed by atoms with Crippen molar-refractivity contribution in [1.82, 2.24) is 10.2 Å². The lowest BCUT2D eigenvalue weighted by molar-refractivity contribution is -0.937. The SMILES string of the molecule is CC[N+](CC)(CCOc1nnc(Cc2ccccc2)c2ccccc12)Cc1ccccc1.[Cl-]. The molecule has 0 radical (unpaired) electrons. The number of benzene rings is 3. The molecule has 0 aliphatic rings. The quantitative estimate of drug-likeness (QED) is 0.340. The summed E-state index contributed by atoms with van der Waals surface area (Å²) in [6.45, 7) is 9.23. The highest BCUT2D eigenvalue weighted by atomic mass is 35.5. The zero-order chi connectivity index (χ0) is 22.2. The van der Waals surface area contributed by atoms with Crippen molar-refractivity contribution in [2.45, 2.75) is 26.8 Å². The van der Waals surface area contributed by atoms with Crippen LogP contribution < -0.4 is 17.1 Å². The van der Waals surface area contributed by atoms with Crippen LogP contribution in [0.2, 0.25) is 0 Å². The molecule has 33 heavy (non-hydrogen) atoms. The average Bonchev–Trinajstić information content (AvgIpc) is 2.86. The van der Waals surface area contributed by atoms with Gasteiger partial charge in [-0.05, 0) is 25.5 Å². The molecule has 4 rings (SSSR count). The summed E-state index contributed by atoms with van der Waals surface area (Å²) in [5, 5.41) is 11.2. The summed E-state index contributed by atoms with van der Waals surface area (Å²) in [5.41, 5.74) is 3.58. The number of halogens is 1. The Hall–Kier alpha value is -2.95. The maximum atomic E-state index is 6.23. The van der Waals surface area contributed by atoms with Crippen molar-refractivity contribution in [1.29, 1.82) is 0 Å². The molecule has 0 saturated carbocycles. The van der Waals surface area contributed by atoms with Gasteiger partial charge in [0, 0.05) is 22.8 Å². The van der Waals surface area contributed by atoms with Crippen LogP contribution in [0.3, 0.4) is 0 Å². The maximum Gasteiger partial charge on any atom is 0.241 e. The number of aromatic nitrogens is 2. The van der Waals surface area contributed by atoms with Crippen molar-refractivity contribution >= 4 is 10.8 Å². The fourth-order valence-electron chi connectivity index (χ4n) is 4.31. The largest absolute Gasteiger partial charge is 1.00 e. The van der Waals surface area contributed by atoms with E-state index in [1.54, 1.807) is 0 Å². The first-order valence-electron chi connectivity index (χ1n) is 11.5. The van der Waals surface area contributed by atoms with E-state index in [0.29, 0.717) is 12.5 Å². The van der Waals surface area contributed by atoms with Gasteiger partial charge in [-0.15, -0.1) is 5.10 Å². The van der Waals surface area contributed by atoms with Crippen LogP contribution in [-0.2, 0) is 13.0 Å². The number of hydrogen-bond acceptors (Lipinski definition) is 3. The summed E-state index contributed by atoms with van der Waals surface area (Å²) >= 11 is 0. The summed E-state index contributed by atoms with van der Waals surface area (Å²) in [4.78, 5) is 0. The average molecular weight is 462 g/mol. The fourth-order valence-corrected chi connectivity index (χ4v) is 4.31. The minimum atomic E-state index is 0. The molecule has 5 heteroatoms. The highest BCUT2D eigenvalue weighted by molar-refractivity contribution is 5.88. The number of hydrogen-bond donors (Lipinski definition) is 0. The Bertz CT molecular complexity index is 1130. The predicted molar refractivity (Wildman–Crippen MR) is 131 cm³/mol. The Morgan fingerprint density at radius 2 is 1.27 bits per heavy atom. The zero-order valence-corrected chi connectivity index (χ0v) is 20.2. The number of fused-ring (bicyclic) bond motifs is 1. The monoisotopic (exact) mass is 461 g/mol. The summed E-state index contributed by atoms with van der Waals surface area (Å²) in [5.74, 6) is 0.627. The second kappa shape index (κ2) is 11.8. The van der Waals surface area contributed by atoms with Gasteiger partial charge in [0.2, 0.25) is 5.88 Å². The Balaban J connectivity index is 0.00000306. The van der Waals surface area contributed by atoms with Crippen molar-refractivity contribution in [2.24, 2.45) is 0 Å². The molecule has 3 aromatic carbocycles. The number of quaternary nitrogens is 1. The Labute approximate surface area is 203 Å². The molecular weight excluding hydrogens is 430 g/mol. The zero-order valence-electron chi connectivity index (χ0n) is 19.5. The fraction of sp³-hybridized carbons (Fsp3) is 0.286. The molecule has 0 unspecified atom stereocenters. The Morgan fingerprint density at radius 1 is 0.697 bits per heavy atom. The number of likely N-dealkylation sites (N-methyl/N-ethyl adjacent to an activating group) is 1. The molecule has 4 nitrogen and oxygen atoms in total. The van der Waals surface area contributed by atoms with Gasteiger partial charge in [0.1, 0.15) is 19.7 Å². The van der Waals surface area contributed by atoms with Gasteiger partial charge in [-0.3, -0.25) is 0 Å². The molecule has 1 heterocycles. The molecule has 0 bridgehead atoms. The summed E-state index contributed by atoms with van der Waals surface area (Å²) < 4.78 is 7.22. The molecule has 0 fully saturated rings. The van der Waals surface area contributed by atoms with E-state index in [-0.39, 0.29) is 12.4 Å². The van der Waals surface area contributed by atoms with Crippen LogP contribution in [0, 0.1) is 0 Å². The van der Waals surface area contributed by atoms with E-state index in [1.807, 2.05) is 12.1 Å². The third-order valence-corrected chi connectivity index (χ3v) is 6.45. The van der Waals surface area contributed by atoms with Gasteiger partial charge in [0.15, 0.2) is 0 Å². The summed E-state index contributed by atoms with van der Waals surface area (Å²) in [6.07, 6.45) is 0.761. The van der Waals surface area contributed by atoms with E-state index in [2.05, 4.69) is 96.8 Å². The van der Waals surface area contributed by atoms with Gasteiger partial charge in [-0.1, -0.05) is 78.9 Å². The second-order valence-electron chi connectivity index (χ2n) is 8.35. The minimum absolute atomic E-state index is 0. The molecule has 4 aromatic rings. The third-order valence-electron chi connectivity index (χ3n) is 6.45. The smallest absolute Gasteiger partial charge is 0.241 e.